The summed E-state index contributed by atoms with van der Waals surface area (Å²) in [6.07, 6.45) is 3.32. The summed E-state index contributed by atoms with van der Waals surface area (Å²) >= 11 is 6.10. The molecule has 0 N–H and O–H groups in total. The van der Waals surface area contributed by atoms with E-state index < -0.39 is 0 Å². The molecule has 0 radical (unpaired) electrons. The predicted octanol–water partition coefficient (Wildman–Crippen LogP) is 2.85. The average molecular weight is 295 g/mol. The fourth-order valence-electron chi connectivity index (χ4n) is 2.26. The molecule has 0 unspecified atom stereocenters. The number of ether oxygens (including phenoxy) is 3. The molecule has 1 aromatic carbocycles. The fraction of sp³-hybridized carbons (Fsp3) is 0.429. The molecule has 1 aliphatic heterocycles. The molecular weight excluding hydrogens is 280 g/mol. The van der Waals surface area contributed by atoms with E-state index in [0.717, 1.165) is 37.0 Å². The predicted molar refractivity (Wildman–Crippen MR) is 75.6 cm³/mol. The quantitative estimate of drug-likeness (QED) is 0.815. The Labute approximate surface area is 121 Å². The number of hydrogen-bond donors (Lipinski definition) is 0. The maximum atomic E-state index is 6.10. The first-order valence-corrected chi connectivity index (χ1v) is 6.88. The van der Waals surface area contributed by atoms with Gasteiger partial charge < -0.3 is 14.2 Å². The van der Waals surface area contributed by atoms with Crippen LogP contribution in [-0.2, 0) is 4.74 Å². The van der Waals surface area contributed by atoms with Gasteiger partial charge >= 0.3 is 0 Å². The van der Waals surface area contributed by atoms with Crippen LogP contribution in [0.2, 0.25) is 5.15 Å². The van der Waals surface area contributed by atoms with E-state index >= 15 is 0 Å². The van der Waals surface area contributed by atoms with Gasteiger partial charge in [-0.25, -0.2) is 9.97 Å². The monoisotopic (exact) mass is 294 g/mol. The van der Waals surface area contributed by atoms with Crippen molar-refractivity contribution in [3.8, 4) is 11.5 Å². The van der Waals surface area contributed by atoms with E-state index in [1.807, 2.05) is 12.1 Å². The highest BCUT2D eigenvalue weighted by Crippen LogP contribution is 2.35. The van der Waals surface area contributed by atoms with Gasteiger partial charge in [-0.2, -0.15) is 0 Å². The molecule has 20 heavy (non-hydrogen) atoms. The average Bonchev–Trinajstić information content (AvgIpc) is 2.48. The lowest BCUT2D eigenvalue weighted by atomic mass is 10.1. The van der Waals surface area contributed by atoms with Crippen molar-refractivity contribution in [1.82, 2.24) is 9.97 Å². The number of fused-ring (bicyclic) bond motifs is 1. The summed E-state index contributed by atoms with van der Waals surface area (Å²) in [5, 5.41) is 1.17. The zero-order chi connectivity index (χ0) is 13.9. The molecule has 0 spiro atoms. The molecule has 5 nitrogen and oxygen atoms in total. The van der Waals surface area contributed by atoms with Gasteiger partial charge in [-0.05, 0) is 6.07 Å². The first-order valence-electron chi connectivity index (χ1n) is 6.50. The number of benzene rings is 1. The summed E-state index contributed by atoms with van der Waals surface area (Å²) in [7, 11) is 1.61. The van der Waals surface area contributed by atoms with Gasteiger partial charge in [-0.1, -0.05) is 11.6 Å². The molecule has 0 saturated carbocycles. The van der Waals surface area contributed by atoms with Crippen LogP contribution in [0.1, 0.15) is 12.8 Å². The first kappa shape index (κ1) is 13.4. The maximum absolute atomic E-state index is 6.10. The minimum Gasteiger partial charge on any atom is -0.493 e. The molecule has 106 valence electrons. The Bertz CT molecular complexity index is 615. The standard InChI is InChI=1S/C14H15ClN2O3/c1-18-12-7-11-10(14(15)17-8-16-11)6-13(12)20-9-2-4-19-5-3-9/h6-9H,2-5H2,1H3. The van der Waals surface area contributed by atoms with E-state index in [0.29, 0.717) is 16.7 Å². The van der Waals surface area contributed by atoms with E-state index in [4.69, 9.17) is 25.8 Å². The highest BCUT2D eigenvalue weighted by atomic mass is 35.5. The third-order valence-electron chi connectivity index (χ3n) is 3.33. The summed E-state index contributed by atoms with van der Waals surface area (Å²) in [5.74, 6) is 1.32. The first-order chi connectivity index (χ1) is 9.78. The largest absolute Gasteiger partial charge is 0.493 e. The third kappa shape index (κ3) is 2.64. The van der Waals surface area contributed by atoms with E-state index in [1.54, 1.807) is 7.11 Å². The van der Waals surface area contributed by atoms with Gasteiger partial charge in [0.25, 0.3) is 0 Å². The molecule has 2 aromatic rings. The summed E-state index contributed by atoms with van der Waals surface area (Å²) in [4.78, 5) is 8.18. The van der Waals surface area contributed by atoms with Crippen molar-refractivity contribution in [1.29, 1.82) is 0 Å². The SMILES string of the molecule is COc1cc2ncnc(Cl)c2cc1OC1CCOCC1. The van der Waals surface area contributed by atoms with E-state index in [2.05, 4.69) is 9.97 Å². The highest BCUT2D eigenvalue weighted by Gasteiger charge is 2.18. The normalized spacial score (nSPS) is 16.3. The molecule has 1 aliphatic rings. The van der Waals surface area contributed by atoms with Crippen LogP contribution in [0.25, 0.3) is 10.9 Å². The van der Waals surface area contributed by atoms with Crippen molar-refractivity contribution < 1.29 is 14.2 Å². The molecule has 1 saturated heterocycles. The van der Waals surface area contributed by atoms with Crippen LogP contribution in [0.5, 0.6) is 11.5 Å². The van der Waals surface area contributed by atoms with Gasteiger partial charge in [-0.3, -0.25) is 0 Å². The minimum atomic E-state index is 0.138. The molecule has 3 rings (SSSR count). The Hall–Kier alpha value is -1.59. The molecular formula is C14H15ClN2O3. The Morgan fingerprint density at radius 1 is 1.20 bits per heavy atom. The second-order valence-electron chi connectivity index (χ2n) is 4.61. The smallest absolute Gasteiger partial charge is 0.162 e. The van der Waals surface area contributed by atoms with E-state index in [1.165, 1.54) is 6.33 Å². The highest BCUT2D eigenvalue weighted by molar-refractivity contribution is 6.34. The van der Waals surface area contributed by atoms with Crippen LogP contribution < -0.4 is 9.47 Å². The number of aromatic nitrogens is 2. The van der Waals surface area contributed by atoms with Crippen molar-refractivity contribution in [2.24, 2.45) is 0 Å². The zero-order valence-electron chi connectivity index (χ0n) is 11.1. The van der Waals surface area contributed by atoms with Gasteiger partial charge in [0.1, 0.15) is 17.6 Å². The Morgan fingerprint density at radius 3 is 2.75 bits per heavy atom. The summed E-state index contributed by atoms with van der Waals surface area (Å²) in [5.41, 5.74) is 0.737. The van der Waals surface area contributed by atoms with Crippen LogP contribution in [0.4, 0.5) is 0 Å². The Balaban J connectivity index is 1.97. The lowest BCUT2D eigenvalue weighted by Crippen LogP contribution is -2.26. The fourth-order valence-corrected chi connectivity index (χ4v) is 2.45. The second-order valence-corrected chi connectivity index (χ2v) is 4.97. The zero-order valence-corrected chi connectivity index (χ0v) is 11.9. The van der Waals surface area contributed by atoms with E-state index in [9.17, 15) is 0 Å². The van der Waals surface area contributed by atoms with Crippen molar-refractivity contribution in [2.45, 2.75) is 18.9 Å². The maximum Gasteiger partial charge on any atom is 0.162 e. The van der Waals surface area contributed by atoms with Crippen LogP contribution in [0.15, 0.2) is 18.5 Å². The van der Waals surface area contributed by atoms with Gasteiger partial charge in [0.05, 0.1) is 25.8 Å². The number of hydrogen-bond acceptors (Lipinski definition) is 5. The van der Waals surface area contributed by atoms with Crippen molar-refractivity contribution in [3.05, 3.63) is 23.6 Å². The van der Waals surface area contributed by atoms with Crippen LogP contribution in [0, 0.1) is 0 Å². The molecule has 1 aromatic heterocycles. The van der Waals surface area contributed by atoms with Crippen LogP contribution in [-0.4, -0.2) is 36.4 Å². The van der Waals surface area contributed by atoms with Crippen LogP contribution >= 0.6 is 11.6 Å². The topological polar surface area (TPSA) is 53.5 Å². The summed E-state index contributed by atoms with van der Waals surface area (Å²) in [6, 6.07) is 3.66. The number of nitrogens with zero attached hydrogens (tertiary/aromatic N) is 2. The summed E-state index contributed by atoms with van der Waals surface area (Å²) in [6.45, 7) is 1.45. The van der Waals surface area contributed by atoms with E-state index in [-0.39, 0.29) is 6.10 Å². The van der Waals surface area contributed by atoms with Crippen molar-refractivity contribution >= 4 is 22.5 Å². The third-order valence-corrected chi connectivity index (χ3v) is 3.64. The lowest BCUT2D eigenvalue weighted by molar-refractivity contribution is 0.0246. The minimum absolute atomic E-state index is 0.138. The van der Waals surface area contributed by atoms with Gasteiger partial charge in [0.2, 0.25) is 0 Å². The Kier molecular flexibility index (Phi) is 3.89. The lowest BCUT2D eigenvalue weighted by Gasteiger charge is -2.24. The molecule has 1 fully saturated rings. The molecule has 2 heterocycles. The molecule has 0 atom stereocenters. The molecule has 0 amide bonds. The van der Waals surface area contributed by atoms with Crippen molar-refractivity contribution in [2.75, 3.05) is 20.3 Å². The van der Waals surface area contributed by atoms with Crippen molar-refractivity contribution in [3.63, 3.8) is 0 Å². The Morgan fingerprint density at radius 2 is 2.00 bits per heavy atom. The van der Waals surface area contributed by atoms with Crippen LogP contribution in [0.3, 0.4) is 0 Å². The van der Waals surface area contributed by atoms with Gasteiger partial charge in [-0.15, -0.1) is 0 Å². The van der Waals surface area contributed by atoms with Gasteiger partial charge in [0.15, 0.2) is 11.5 Å². The molecule has 0 bridgehead atoms. The number of rotatable bonds is 3. The molecule has 6 heteroatoms. The van der Waals surface area contributed by atoms with Gasteiger partial charge in [0, 0.05) is 24.3 Å². The summed E-state index contributed by atoms with van der Waals surface area (Å²) < 4.78 is 16.7. The molecule has 0 aliphatic carbocycles. The number of halogens is 1. The number of methoxy groups -OCH3 is 1. The second kappa shape index (κ2) is 5.81.